The Balaban J connectivity index is 0. The first-order chi connectivity index (χ1) is 3.39. The Hall–Kier alpha value is 0.210. The highest BCUT2D eigenvalue weighted by Crippen LogP contribution is 1.98. The fourth-order valence-electron chi connectivity index (χ4n) is 0.833. The third-order valence-electron chi connectivity index (χ3n) is 1.27. The van der Waals surface area contributed by atoms with Crippen LogP contribution in [0.5, 0.6) is 0 Å². The lowest BCUT2D eigenvalue weighted by Crippen LogP contribution is -3.00. The topological polar surface area (TPSA) is 32.3 Å². The largest absolute Gasteiger partial charge is 1.00 e. The fourth-order valence-corrected chi connectivity index (χ4v) is 0.833. The Morgan fingerprint density at radius 3 is 2.62 bits per heavy atom. The lowest BCUT2D eigenvalue weighted by Gasteiger charge is -2.16. The number of hydrogen-bond donors (Lipinski definition) is 2. The molecule has 0 spiro atoms. The van der Waals surface area contributed by atoms with Gasteiger partial charge in [0.25, 0.3) is 0 Å². The predicted molar refractivity (Wildman–Crippen MR) is 29.2 cm³/mol. The molecule has 1 heterocycles. The van der Waals surface area contributed by atoms with Crippen molar-refractivity contribution < 1.29 is 18.9 Å². The minimum Gasteiger partial charge on any atom is -1.00 e. The van der Waals surface area contributed by atoms with Crippen molar-refractivity contribution in [2.24, 2.45) is 0 Å². The van der Waals surface area contributed by atoms with E-state index < -0.39 is 0 Å². The zero-order valence-corrected chi connectivity index (χ0v) is 5.49. The molecule has 1 aliphatic rings. The number of rotatable bonds is 0. The van der Waals surface area contributed by atoms with E-state index in [4.69, 9.17) is 5.11 Å². The van der Waals surface area contributed by atoms with E-state index in [2.05, 4.69) is 5.32 Å². The maximum absolute atomic E-state index is 8.85. The van der Waals surface area contributed by atoms with Crippen LogP contribution in [0.4, 0.5) is 0 Å². The molecule has 1 aliphatic heterocycles. The lowest BCUT2D eigenvalue weighted by molar-refractivity contribution is -0.00000372. The third-order valence-corrected chi connectivity index (χ3v) is 1.27. The molecule has 2 N–H and O–H groups in total. The molecule has 3 heteroatoms. The van der Waals surface area contributed by atoms with Crippen molar-refractivity contribution >= 4 is 0 Å². The van der Waals surface area contributed by atoms with Gasteiger partial charge in [0.05, 0.1) is 6.10 Å². The molecule has 0 bridgehead atoms. The van der Waals surface area contributed by atoms with E-state index in [0.717, 1.165) is 25.9 Å². The molecular weight excluding hydrogens is 126 g/mol. The Morgan fingerprint density at radius 2 is 2.38 bits per heavy atom. The second-order valence-electron chi connectivity index (χ2n) is 2.00. The molecule has 50 valence electrons. The van der Waals surface area contributed by atoms with Gasteiger partial charge in [0, 0.05) is 6.54 Å². The summed E-state index contributed by atoms with van der Waals surface area (Å²) in [5.41, 5.74) is 0. The van der Waals surface area contributed by atoms with Gasteiger partial charge in [-0.2, -0.15) is 0 Å². The van der Waals surface area contributed by atoms with Gasteiger partial charge < -0.3 is 22.8 Å². The molecule has 0 radical (unpaired) electrons. The molecule has 0 amide bonds. The van der Waals surface area contributed by atoms with Gasteiger partial charge in [0.15, 0.2) is 0 Å². The molecule has 0 aromatic rings. The highest BCUT2D eigenvalue weighted by molar-refractivity contribution is 4.65. The SMILES string of the molecule is OC1CCCNC1.[Cl-].[H+]. The number of piperidine rings is 1. The van der Waals surface area contributed by atoms with Gasteiger partial charge in [-0.25, -0.2) is 0 Å². The van der Waals surface area contributed by atoms with E-state index in [9.17, 15) is 0 Å². The first-order valence-electron chi connectivity index (χ1n) is 2.78. The van der Waals surface area contributed by atoms with Crippen LogP contribution in [0.2, 0.25) is 0 Å². The molecule has 0 aromatic carbocycles. The average Bonchev–Trinajstić information content (AvgIpc) is 1.69. The molecule has 8 heavy (non-hydrogen) atoms. The maximum atomic E-state index is 8.85. The first-order valence-corrected chi connectivity index (χ1v) is 2.78. The predicted octanol–water partition coefficient (Wildman–Crippen LogP) is -3.15. The quantitative estimate of drug-likeness (QED) is 0.370. The molecule has 1 atom stereocenters. The second kappa shape index (κ2) is 4.13. The van der Waals surface area contributed by atoms with Crippen LogP contribution >= 0.6 is 0 Å². The molecule has 0 aliphatic carbocycles. The van der Waals surface area contributed by atoms with E-state index in [-0.39, 0.29) is 19.9 Å². The van der Waals surface area contributed by atoms with Crippen LogP contribution < -0.4 is 17.7 Å². The van der Waals surface area contributed by atoms with Crippen LogP contribution in [0, 0.1) is 0 Å². The number of hydrogen-bond acceptors (Lipinski definition) is 2. The van der Waals surface area contributed by atoms with Crippen LogP contribution in [0.25, 0.3) is 0 Å². The number of nitrogens with one attached hydrogen (secondary N) is 1. The summed E-state index contributed by atoms with van der Waals surface area (Å²) in [6, 6.07) is 0. The summed E-state index contributed by atoms with van der Waals surface area (Å²) in [4.78, 5) is 0. The molecule has 1 saturated heterocycles. The summed E-state index contributed by atoms with van der Waals surface area (Å²) in [6.07, 6.45) is 2.03. The normalized spacial score (nSPS) is 28.9. The average molecular weight is 138 g/mol. The Kier molecular flexibility index (Phi) is 4.23. The van der Waals surface area contributed by atoms with Gasteiger partial charge in [-0.1, -0.05) is 0 Å². The van der Waals surface area contributed by atoms with E-state index in [1.807, 2.05) is 0 Å². The van der Waals surface area contributed by atoms with Gasteiger partial charge in [-0.05, 0) is 19.4 Å². The summed E-state index contributed by atoms with van der Waals surface area (Å²) >= 11 is 0. The first kappa shape index (κ1) is 8.21. The summed E-state index contributed by atoms with van der Waals surface area (Å²) < 4.78 is 0. The van der Waals surface area contributed by atoms with E-state index in [1.54, 1.807) is 0 Å². The van der Waals surface area contributed by atoms with Gasteiger partial charge in [-0.3, -0.25) is 0 Å². The van der Waals surface area contributed by atoms with Gasteiger partial charge in [-0.15, -0.1) is 0 Å². The van der Waals surface area contributed by atoms with Crippen molar-refractivity contribution in [1.29, 1.82) is 0 Å². The molecule has 0 saturated carbocycles. The molecule has 1 rings (SSSR count). The number of aliphatic hydroxyl groups excluding tert-OH is 1. The van der Waals surface area contributed by atoms with Crippen molar-refractivity contribution in [3.63, 3.8) is 0 Å². The van der Waals surface area contributed by atoms with Gasteiger partial charge in [0.2, 0.25) is 0 Å². The lowest BCUT2D eigenvalue weighted by atomic mass is 10.1. The summed E-state index contributed by atoms with van der Waals surface area (Å²) in [5, 5.41) is 11.9. The Morgan fingerprint density at radius 1 is 1.62 bits per heavy atom. The fraction of sp³-hybridized carbons (Fsp3) is 1.00. The molecule has 1 unspecified atom stereocenters. The van der Waals surface area contributed by atoms with Crippen LogP contribution in [-0.4, -0.2) is 24.3 Å². The van der Waals surface area contributed by atoms with Gasteiger partial charge >= 0.3 is 1.43 Å². The highest BCUT2D eigenvalue weighted by atomic mass is 35.5. The van der Waals surface area contributed by atoms with Crippen molar-refractivity contribution in [1.82, 2.24) is 5.32 Å². The number of halogens is 1. The molecular formula is C5H12ClNO. The third kappa shape index (κ3) is 2.50. The van der Waals surface area contributed by atoms with Crippen LogP contribution in [-0.2, 0) is 0 Å². The number of aliphatic hydroxyl groups is 1. The minimum absolute atomic E-state index is 0. The van der Waals surface area contributed by atoms with Gasteiger partial charge in [0.1, 0.15) is 0 Å². The van der Waals surface area contributed by atoms with Crippen molar-refractivity contribution in [2.75, 3.05) is 13.1 Å². The zero-order chi connectivity index (χ0) is 5.11. The van der Waals surface area contributed by atoms with E-state index in [1.165, 1.54) is 0 Å². The summed E-state index contributed by atoms with van der Waals surface area (Å²) in [5.74, 6) is 0. The van der Waals surface area contributed by atoms with Crippen molar-refractivity contribution in [3.05, 3.63) is 0 Å². The van der Waals surface area contributed by atoms with Crippen LogP contribution in [0.3, 0.4) is 0 Å². The zero-order valence-electron chi connectivity index (χ0n) is 5.73. The second-order valence-corrected chi connectivity index (χ2v) is 2.00. The Bertz CT molecular complexity index is 58.9. The van der Waals surface area contributed by atoms with Crippen molar-refractivity contribution in [2.45, 2.75) is 18.9 Å². The number of β-amino-alcohol motifs (C(OH)–C–C–N with tert-alkyl or cyclic N) is 1. The van der Waals surface area contributed by atoms with E-state index >= 15 is 0 Å². The van der Waals surface area contributed by atoms with Crippen LogP contribution in [0.15, 0.2) is 0 Å². The smallest absolute Gasteiger partial charge is 1.00 e. The van der Waals surface area contributed by atoms with Crippen molar-refractivity contribution in [3.8, 4) is 0 Å². The minimum atomic E-state index is -0.0752. The molecule has 1 fully saturated rings. The van der Waals surface area contributed by atoms with E-state index in [0.29, 0.717) is 0 Å². The van der Waals surface area contributed by atoms with Crippen LogP contribution in [0.1, 0.15) is 14.3 Å². The highest BCUT2D eigenvalue weighted by Gasteiger charge is 2.06. The maximum Gasteiger partial charge on any atom is 1.00 e. The summed E-state index contributed by atoms with van der Waals surface area (Å²) in [6.45, 7) is 1.87. The molecule has 2 nitrogen and oxygen atoms in total. The Labute approximate surface area is 57.2 Å². The summed E-state index contributed by atoms with van der Waals surface area (Å²) in [7, 11) is 0. The monoisotopic (exact) mass is 137 g/mol. The molecule has 0 aromatic heterocycles. The standard InChI is InChI=1S/C5H11NO.ClH/c7-5-2-1-3-6-4-5;/h5-7H,1-4H2;1H.